The highest BCUT2D eigenvalue weighted by atomic mass is 19.1. The molecule has 0 bridgehead atoms. The van der Waals surface area contributed by atoms with Crippen LogP contribution in [-0.4, -0.2) is 4.57 Å². The Labute approximate surface area is 160 Å². The zero-order valence-electron chi connectivity index (χ0n) is 16.1. The first kappa shape index (κ1) is 18.7. The van der Waals surface area contributed by atoms with E-state index in [0.717, 1.165) is 22.6 Å². The van der Waals surface area contributed by atoms with E-state index in [0.29, 0.717) is 17.1 Å². The van der Waals surface area contributed by atoms with Crippen molar-refractivity contribution in [2.45, 2.75) is 33.6 Å². The Bertz CT molecular complexity index is 1010. The van der Waals surface area contributed by atoms with Crippen LogP contribution >= 0.6 is 0 Å². The summed E-state index contributed by atoms with van der Waals surface area (Å²) in [4.78, 5) is 0. The van der Waals surface area contributed by atoms with Gasteiger partial charge in [-0.15, -0.1) is 0 Å². The molecule has 0 spiro atoms. The molecule has 136 valence electrons. The Balaban J connectivity index is 2.02. The zero-order chi connectivity index (χ0) is 19.6. The number of benzene rings is 2. The summed E-state index contributed by atoms with van der Waals surface area (Å²) in [6, 6.07) is 18.9. The van der Waals surface area contributed by atoms with E-state index >= 15 is 0 Å². The molecule has 27 heavy (non-hydrogen) atoms. The maximum atomic E-state index is 13.2. The number of hydrogen-bond donors (Lipinski definition) is 0. The van der Waals surface area contributed by atoms with Crippen molar-refractivity contribution in [3.8, 4) is 11.8 Å². The van der Waals surface area contributed by atoms with E-state index in [1.165, 1.54) is 17.7 Å². The molecule has 2 nitrogen and oxygen atoms in total. The Kier molecular flexibility index (Phi) is 5.28. The van der Waals surface area contributed by atoms with Gasteiger partial charge in [0, 0.05) is 17.1 Å². The third kappa shape index (κ3) is 3.85. The molecule has 0 amide bonds. The number of nitrogens with zero attached hydrogens (tertiary/aromatic N) is 2. The molecule has 1 aromatic heterocycles. The lowest BCUT2D eigenvalue weighted by atomic mass is 10.0. The first-order valence-electron chi connectivity index (χ1n) is 9.07. The molecule has 3 heteroatoms. The summed E-state index contributed by atoms with van der Waals surface area (Å²) in [5.74, 6) is 0.192. The van der Waals surface area contributed by atoms with Gasteiger partial charge in [-0.05, 0) is 72.9 Å². The van der Waals surface area contributed by atoms with Crippen molar-refractivity contribution in [2.24, 2.45) is 0 Å². The molecule has 0 radical (unpaired) electrons. The predicted molar refractivity (Wildman–Crippen MR) is 109 cm³/mol. The van der Waals surface area contributed by atoms with E-state index in [4.69, 9.17) is 0 Å². The van der Waals surface area contributed by atoms with E-state index in [9.17, 15) is 9.65 Å². The van der Waals surface area contributed by atoms with E-state index in [1.54, 1.807) is 12.1 Å². The van der Waals surface area contributed by atoms with Crippen molar-refractivity contribution in [1.82, 2.24) is 4.57 Å². The van der Waals surface area contributed by atoms with Crippen molar-refractivity contribution in [3.05, 3.63) is 88.5 Å². The Morgan fingerprint density at radius 2 is 1.67 bits per heavy atom. The highest BCUT2D eigenvalue weighted by Crippen LogP contribution is 2.26. The highest BCUT2D eigenvalue weighted by molar-refractivity contribution is 5.90. The van der Waals surface area contributed by atoms with E-state index < -0.39 is 0 Å². The van der Waals surface area contributed by atoms with Crippen LogP contribution in [0.25, 0.3) is 17.3 Å². The monoisotopic (exact) mass is 358 g/mol. The molecule has 0 aliphatic heterocycles. The van der Waals surface area contributed by atoms with Gasteiger partial charge in [-0.25, -0.2) is 4.39 Å². The molecule has 2 aromatic carbocycles. The lowest BCUT2D eigenvalue weighted by molar-refractivity contribution is 0.627. The number of aromatic nitrogens is 1. The second kappa shape index (κ2) is 7.63. The van der Waals surface area contributed by atoms with Crippen LogP contribution in [0.5, 0.6) is 0 Å². The standard InChI is InChI=1S/C24H23FN2/c1-16(2)19-7-11-24(12-8-19)27-17(3)13-21(18(27)4)14-22(15-26)20-5-9-23(25)10-6-20/h5-14,16H,1-4H3/b22-14+. The van der Waals surface area contributed by atoms with Crippen LogP contribution in [0.1, 0.15) is 47.8 Å². The van der Waals surface area contributed by atoms with Crippen molar-refractivity contribution in [3.63, 3.8) is 0 Å². The van der Waals surface area contributed by atoms with E-state index in [2.05, 4.69) is 68.7 Å². The molecule has 3 aromatic rings. The van der Waals surface area contributed by atoms with Gasteiger partial charge in [0.15, 0.2) is 0 Å². The molecule has 0 N–H and O–H groups in total. The van der Waals surface area contributed by atoms with Crippen LogP contribution in [0.15, 0.2) is 54.6 Å². The maximum absolute atomic E-state index is 13.2. The second-order valence-electron chi connectivity index (χ2n) is 7.08. The van der Waals surface area contributed by atoms with Crippen LogP contribution in [-0.2, 0) is 0 Å². The quantitative estimate of drug-likeness (QED) is 0.495. The highest BCUT2D eigenvalue weighted by Gasteiger charge is 2.11. The Hall–Kier alpha value is -3.12. The summed E-state index contributed by atoms with van der Waals surface area (Å²) in [6.45, 7) is 8.48. The summed E-state index contributed by atoms with van der Waals surface area (Å²) < 4.78 is 15.4. The molecule has 0 aliphatic carbocycles. The van der Waals surface area contributed by atoms with Crippen LogP contribution in [0.4, 0.5) is 4.39 Å². The minimum atomic E-state index is -0.306. The fourth-order valence-corrected chi connectivity index (χ4v) is 3.30. The van der Waals surface area contributed by atoms with Gasteiger partial charge in [0.25, 0.3) is 0 Å². The van der Waals surface area contributed by atoms with Gasteiger partial charge in [0.1, 0.15) is 5.82 Å². The molecule has 0 saturated heterocycles. The minimum absolute atomic E-state index is 0.306. The molecule has 0 saturated carbocycles. The topological polar surface area (TPSA) is 28.7 Å². The zero-order valence-corrected chi connectivity index (χ0v) is 16.1. The van der Waals surface area contributed by atoms with Gasteiger partial charge in [-0.3, -0.25) is 0 Å². The predicted octanol–water partition coefficient (Wildman–Crippen LogP) is 6.42. The summed E-state index contributed by atoms with van der Waals surface area (Å²) in [6.07, 6.45) is 1.87. The first-order valence-corrected chi connectivity index (χ1v) is 9.07. The summed E-state index contributed by atoms with van der Waals surface area (Å²) in [5.41, 5.74) is 6.81. The Morgan fingerprint density at radius 1 is 1.04 bits per heavy atom. The number of aryl methyl sites for hydroxylation is 1. The molecule has 0 aliphatic rings. The Morgan fingerprint density at radius 3 is 2.22 bits per heavy atom. The van der Waals surface area contributed by atoms with Crippen LogP contribution in [0.3, 0.4) is 0 Å². The van der Waals surface area contributed by atoms with Gasteiger partial charge in [0.05, 0.1) is 11.6 Å². The largest absolute Gasteiger partial charge is 0.318 e. The van der Waals surface area contributed by atoms with Crippen molar-refractivity contribution < 1.29 is 4.39 Å². The van der Waals surface area contributed by atoms with Crippen LogP contribution in [0.2, 0.25) is 0 Å². The average molecular weight is 358 g/mol. The smallest absolute Gasteiger partial charge is 0.123 e. The van der Waals surface area contributed by atoms with Crippen molar-refractivity contribution in [1.29, 1.82) is 5.26 Å². The van der Waals surface area contributed by atoms with Crippen LogP contribution in [0, 0.1) is 31.0 Å². The van der Waals surface area contributed by atoms with Crippen molar-refractivity contribution >= 4 is 11.6 Å². The van der Waals surface area contributed by atoms with Gasteiger partial charge >= 0.3 is 0 Å². The number of halogens is 1. The molecular weight excluding hydrogens is 335 g/mol. The molecule has 0 atom stereocenters. The molecule has 3 rings (SSSR count). The summed E-state index contributed by atoms with van der Waals surface area (Å²) in [5, 5.41) is 9.56. The lowest BCUT2D eigenvalue weighted by Gasteiger charge is -2.12. The molecule has 0 fully saturated rings. The fraction of sp³-hybridized carbons (Fsp3) is 0.208. The minimum Gasteiger partial charge on any atom is -0.318 e. The number of nitriles is 1. The number of rotatable bonds is 4. The second-order valence-corrected chi connectivity index (χ2v) is 7.08. The third-order valence-electron chi connectivity index (χ3n) is 4.86. The maximum Gasteiger partial charge on any atom is 0.123 e. The van der Waals surface area contributed by atoms with Gasteiger partial charge < -0.3 is 4.57 Å². The third-order valence-corrected chi connectivity index (χ3v) is 4.86. The van der Waals surface area contributed by atoms with Crippen molar-refractivity contribution in [2.75, 3.05) is 0 Å². The average Bonchev–Trinajstić information content (AvgIpc) is 2.94. The fourth-order valence-electron chi connectivity index (χ4n) is 3.30. The molecule has 1 heterocycles. The summed E-state index contributed by atoms with van der Waals surface area (Å²) >= 11 is 0. The normalized spacial score (nSPS) is 11.7. The van der Waals surface area contributed by atoms with Gasteiger partial charge in [0.2, 0.25) is 0 Å². The SMILES string of the molecule is Cc1cc(/C=C(\C#N)c2ccc(F)cc2)c(C)n1-c1ccc(C(C)C)cc1. The first-order chi connectivity index (χ1) is 12.9. The van der Waals surface area contributed by atoms with Crippen LogP contribution < -0.4 is 0 Å². The number of hydrogen-bond acceptors (Lipinski definition) is 1. The lowest BCUT2D eigenvalue weighted by Crippen LogP contribution is -1.99. The van der Waals surface area contributed by atoms with E-state index in [1.807, 2.05) is 6.08 Å². The van der Waals surface area contributed by atoms with Gasteiger partial charge in [-0.1, -0.05) is 38.1 Å². The molecular formula is C24H23FN2. The van der Waals surface area contributed by atoms with E-state index in [-0.39, 0.29) is 5.82 Å². The summed E-state index contributed by atoms with van der Waals surface area (Å²) in [7, 11) is 0. The number of allylic oxidation sites excluding steroid dienone is 1. The van der Waals surface area contributed by atoms with Gasteiger partial charge in [-0.2, -0.15) is 5.26 Å². The molecule has 0 unspecified atom stereocenters.